The molecule has 0 bridgehead atoms. The number of aliphatic hydroxyl groups is 1. The molecule has 0 saturated carbocycles. The Morgan fingerprint density at radius 1 is 1.25 bits per heavy atom. The molecule has 0 aromatic heterocycles. The van der Waals surface area contributed by atoms with Crippen molar-refractivity contribution in [1.82, 2.24) is 0 Å². The number of sulfone groups is 1. The molecule has 4 nitrogen and oxygen atoms in total. The van der Waals surface area contributed by atoms with Gasteiger partial charge in [-0.25, -0.2) is 8.42 Å². The van der Waals surface area contributed by atoms with E-state index in [4.69, 9.17) is 5.11 Å². The molecular formula is C11H17NO3S. The summed E-state index contributed by atoms with van der Waals surface area (Å²) in [5, 5.41) is 8.78. The predicted molar refractivity (Wildman–Crippen MR) is 64.5 cm³/mol. The van der Waals surface area contributed by atoms with E-state index in [0.29, 0.717) is 11.4 Å². The molecule has 1 aromatic carbocycles. The lowest BCUT2D eigenvalue weighted by Gasteiger charge is -2.17. The van der Waals surface area contributed by atoms with Gasteiger partial charge in [0, 0.05) is 19.3 Å². The van der Waals surface area contributed by atoms with Gasteiger partial charge in [0.15, 0.2) is 9.84 Å². The highest BCUT2D eigenvalue weighted by Gasteiger charge is 2.11. The van der Waals surface area contributed by atoms with Gasteiger partial charge in [-0.15, -0.1) is 0 Å². The standard InChI is InChI=1S/C11H17NO3S/c1-3-16(14,15)11-6-4-10(5-7-11)12(2)8-9-13/h4-7,13H,3,8-9H2,1-2H3. The van der Waals surface area contributed by atoms with Crippen molar-refractivity contribution in [1.29, 1.82) is 0 Å². The summed E-state index contributed by atoms with van der Waals surface area (Å²) in [6, 6.07) is 6.69. The lowest BCUT2D eigenvalue weighted by atomic mass is 10.3. The van der Waals surface area contributed by atoms with Gasteiger partial charge in [0.05, 0.1) is 17.3 Å². The summed E-state index contributed by atoms with van der Waals surface area (Å²) in [4.78, 5) is 2.21. The minimum atomic E-state index is -3.12. The Balaban J connectivity index is 2.91. The van der Waals surface area contributed by atoms with Crippen molar-refractivity contribution in [2.45, 2.75) is 11.8 Å². The number of rotatable bonds is 5. The van der Waals surface area contributed by atoms with Gasteiger partial charge in [-0.1, -0.05) is 6.92 Å². The number of hydrogen-bond donors (Lipinski definition) is 1. The fourth-order valence-corrected chi connectivity index (χ4v) is 2.24. The first-order valence-electron chi connectivity index (χ1n) is 5.16. The first-order chi connectivity index (χ1) is 7.51. The molecule has 0 aliphatic carbocycles. The Hall–Kier alpha value is -1.07. The average Bonchev–Trinajstić information content (AvgIpc) is 2.29. The fourth-order valence-electron chi connectivity index (χ4n) is 1.35. The van der Waals surface area contributed by atoms with Crippen LogP contribution in [-0.2, 0) is 9.84 Å². The van der Waals surface area contributed by atoms with Crippen LogP contribution in [0.1, 0.15) is 6.92 Å². The molecule has 0 radical (unpaired) electrons. The zero-order valence-electron chi connectivity index (χ0n) is 9.55. The van der Waals surface area contributed by atoms with Gasteiger partial charge in [-0.3, -0.25) is 0 Å². The molecule has 5 heteroatoms. The molecule has 0 aliphatic rings. The Kier molecular flexibility index (Phi) is 4.32. The number of aliphatic hydroxyl groups excluding tert-OH is 1. The van der Waals surface area contributed by atoms with Crippen LogP contribution in [0, 0.1) is 0 Å². The number of hydrogen-bond acceptors (Lipinski definition) is 4. The molecule has 0 saturated heterocycles. The lowest BCUT2D eigenvalue weighted by molar-refractivity contribution is 0.304. The first kappa shape index (κ1) is 13.0. The molecule has 1 aromatic rings. The Bertz CT molecular complexity index is 425. The number of likely N-dealkylation sites (N-methyl/N-ethyl adjacent to an activating group) is 1. The summed E-state index contributed by atoms with van der Waals surface area (Å²) in [7, 11) is -1.27. The van der Waals surface area contributed by atoms with E-state index in [0.717, 1.165) is 5.69 Å². The van der Waals surface area contributed by atoms with E-state index in [1.807, 2.05) is 11.9 Å². The maximum atomic E-state index is 11.6. The van der Waals surface area contributed by atoms with Crippen molar-refractivity contribution in [3.63, 3.8) is 0 Å². The van der Waals surface area contributed by atoms with Gasteiger partial charge in [-0.05, 0) is 24.3 Å². The van der Waals surface area contributed by atoms with Gasteiger partial charge in [0.1, 0.15) is 0 Å². The van der Waals surface area contributed by atoms with E-state index in [1.165, 1.54) is 0 Å². The second kappa shape index (κ2) is 5.32. The molecule has 0 aliphatic heterocycles. The zero-order valence-corrected chi connectivity index (χ0v) is 10.4. The van der Waals surface area contributed by atoms with Crippen LogP contribution in [0.3, 0.4) is 0 Å². The lowest BCUT2D eigenvalue weighted by Crippen LogP contribution is -2.21. The third-order valence-corrected chi connectivity index (χ3v) is 4.20. The minimum absolute atomic E-state index is 0.0749. The van der Waals surface area contributed by atoms with Crippen LogP contribution in [0.5, 0.6) is 0 Å². The Morgan fingerprint density at radius 2 is 1.81 bits per heavy atom. The molecule has 0 amide bonds. The maximum Gasteiger partial charge on any atom is 0.178 e. The Labute approximate surface area is 96.4 Å². The smallest absolute Gasteiger partial charge is 0.178 e. The van der Waals surface area contributed by atoms with Gasteiger partial charge in [0.25, 0.3) is 0 Å². The molecular weight excluding hydrogens is 226 g/mol. The summed E-state index contributed by atoms with van der Waals surface area (Å²) in [6.07, 6.45) is 0. The number of nitrogens with zero attached hydrogens (tertiary/aromatic N) is 1. The van der Waals surface area contributed by atoms with Gasteiger partial charge < -0.3 is 10.0 Å². The van der Waals surface area contributed by atoms with Crippen molar-refractivity contribution in [3.05, 3.63) is 24.3 Å². The summed E-state index contributed by atoms with van der Waals surface area (Å²) in [5.74, 6) is 0.110. The van der Waals surface area contributed by atoms with Gasteiger partial charge in [0.2, 0.25) is 0 Å². The first-order valence-corrected chi connectivity index (χ1v) is 6.81. The fraction of sp³-hybridized carbons (Fsp3) is 0.455. The quantitative estimate of drug-likeness (QED) is 0.835. The zero-order chi connectivity index (χ0) is 12.2. The second-order valence-electron chi connectivity index (χ2n) is 3.54. The van der Waals surface area contributed by atoms with Crippen LogP contribution in [0.2, 0.25) is 0 Å². The van der Waals surface area contributed by atoms with E-state index >= 15 is 0 Å². The van der Waals surface area contributed by atoms with Crippen molar-refractivity contribution in [3.8, 4) is 0 Å². The molecule has 0 unspecified atom stereocenters. The average molecular weight is 243 g/mol. The van der Waals surface area contributed by atoms with Crippen molar-refractivity contribution >= 4 is 15.5 Å². The maximum absolute atomic E-state index is 11.6. The van der Waals surface area contributed by atoms with E-state index < -0.39 is 9.84 Å². The minimum Gasteiger partial charge on any atom is -0.395 e. The molecule has 90 valence electrons. The summed E-state index contributed by atoms with van der Waals surface area (Å²) in [5.41, 5.74) is 0.893. The SMILES string of the molecule is CCS(=O)(=O)c1ccc(N(C)CCO)cc1. The normalized spacial score (nSPS) is 11.4. The molecule has 1 rings (SSSR count). The van der Waals surface area contributed by atoms with Crippen molar-refractivity contribution in [2.24, 2.45) is 0 Å². The second-order valence-corrected chi connectivity index (χ2v) is 5.82. The van der Waals surface area contributed by atoms with Crippen LogP contribution >= 0.6 is 0 Å². The van der Waals surface area contributed by atoms with Gasteiger partial charge >= 0.3 is 0 Å². The molecule has 0 atom stereocenters. The summed E-state index contributed by atoms with van der Waals surface area (Å²) in [6.45, 7) is 2.23. The molecule has 0 fully saturated rings. The number of anilines is 1. The molecule has 16 heavy (non-hydrogen) atoms. The van der Waals surface area contributed by atoms with Crippen LogP contribution in [0.25, 0.3) is 0 Å². The highest BCUT2D eigenvalue weighted by atomic mass is 32.2. The van der Waals surface area contributed by atoms with E-state index in [1.54, 1.807) is 31.2 Å². The van der Waals surface area contributed by atoms with Crippen LogP contribution in [0.4, 0.5) is 5.69 Å². The van der Waals surface area contributed by atoms with E-state index in [9.17, 15) is 8.42 Å². The molecule has 0 spiro atoms. The molecule has 1 N–H and O–H groups in total. The third-order valence-electron chi connectivity index (χ3n) is 2.45. The van der Waals surface area contributed by atoms with Crippen LogP contribution in [0.15, 0.2) is 29.2 Å². The van der Waals surface area contributed by atoms with Crippen LogP contribution in [-0.4, -0.2) is 39.5 Å². The summed E-state index contributed by atoms with van der Waals surface area (Å²) < 4.78 is 23.1. The van der Waals surface area contributed by atoms with Crippen molar-refractivity contribution < 1.29 is 13.5 Å². The van der Waals surface area contributed by atoms with Crippen molar-refractivity contribution in [2.75, 3.05) is 30.9 Å². The third kappa shape index (κ3) is 2.96. The highest BCUT2D eigenvalue weighted by molar-refractivity contribution is 7.91. The Morgan fingerprint density at radius 3 is 2.25 bits per heavy atom. The predicted octanol–water partition coefficient (Wildman–Crippen LogP) is 0.909. The summed E-state index contributed by atoms with van der Waals surface area (Å²) >= 11 is 0. The van der Waals surface area contributed by atoms with Gasteiger partial charge in [-0.2, -0.15) is 0 Å². The topological polar surface area (TPSA) is 57.6 Å². The number of benzene rings is 1. The van der Waals surface area contributed by atoms with E-state index in [-0.39, 0.29) is 12.4 Å². The molecule has 0 heterocycles. The van der Waals surface area contributed by atoms with Crippen LogP contribution < -0.4 is 4.90 Å². The largest absolute Gasteiger partial charge is 0.395 e. The highest BCUT2D eigenvalue weighted by Crippen LogP contribution is 2.17. The van der Waals surface area contributed by atoms with E-state index in [2.05, 4.69) is 0 Å². The monoisotopic (exact) mass is 243 g/mol.